The Morgan fingerprint density at radius 2 is 1.97 bits per heavy atom. The first-order chi connectivity index (χ1) is 14.0. The minimum atomic E-state index is -1.05. The first-order valence-corrected chi connectivity index (χ1v) is 10.6. The van der Waals surface area contributed by atoms with Gasteiger partial charge in [0.1, 0.15) is 11.0 Å². The Hall–Kier alpha value is -2.64. The van der Waals surface area contributed by atoms with Crippen LogP contribution >= 0.6 is 24.0 Å². The Labute approximate surface area is 179 Å². The van der Waals surface area contributed by atoms with E-state index < -0.39 is 12.0 Å². The molecule has 0 aliphatic rings. The summed E-state index contributed by atoms with van der Waals surface area (Å²) in [5, 5.41) is 15.0. The van der Waals surface area contributed by atoms with Crippen LogP contribution in [-0.4, -0.2) is 28.0 Å². The van der Waals surface area contributed by atoms with E-state index in [2.05, 4.69) is 10.3 Å². The van der Waals surface area contributed by atoms with Gasteiger partial charge in [-0.2, -0.15) is 0 Å². The summed E-state index contributed by atoms with van der Waals surface area (Å²) in [7, 11) is 0. The van der Waals surface area contributed by atoms with E-state index in [1.54, 1.807) is 13.1 Å². The Kier molecular flexibility index (Phi) is 7.06. The zero-order chi connectivity index (χ0) is 20.8. The van der Waals surface area contributed by atoms with Crippen LogP contribution in [0, 0.1) is 0 Å². The van der Waals surface area contributed by atoms with Gasteiger partial charge in [0, 0.05) is 34.9 Å². The molecule has 5 nitrogen and oxygen atoms in total. The Morgan fingerprint density at radius 3 is 2.59 bits per heavy atom. The number of carboxylic acid groups (broad SMARTS) is 1. The van der Waals surface area contributed by atoms with Crippen LogP contribution in [0.2, 0.25) is 0 Å². The maximum atomic E-state index is 11.8. The third kappa shape index (κ3) is 5.25. The van der Waals surface area contributed by atoms with Gasteiger partial charge < -0.3 is 10.4 Å². The Bertz CT molecular complexity index is 989. The van der Waals surface area contributed by atoms with Gasteiger partial charge in [0.2, 0.25) is 5.91 Å². The molecular weight excluding hydrogens is 404 g/mol. The van der Waals surface area contributed by atoms with E-state index in [0.717, 1.165) is 32.2 Å². The number of carboxylic acids is 1. The second-order valence-electron chi connectivity index (χ2n) is 6.62. The van der Waals surface area contributed by atoms with E-state index in [-0.39, 0.29) is 18.7 Å². The zero-order valence-corrected chi connectivity index (χ0v) is 17.7. The number of aliphatic carboxylic acids is 1. The van der Waals surface area contributed by atoms with Crippen molar-refractivity contribution in [1.29, 1.82) is 0 Å². The van der Waals surface area contributed by atoms with Crippen molar-refractivity contribution >= 4 is 35.8 Å². The second kappa shape index (κ2) is 9.71. The quantitative estimate of drug-likeness (QED) is 0.472. The van der Waals surface area contributed by atoms with E-state index in [0.29, 0.717) is 6.42 Å². The summed E-state index contributed by atoms with van der Waals surface area (Å²) < 4.78 is 0. The summed E-state index contributed by atoms with van der Waals surface area (Å²) >= 11 is 6.32. The van der Waals surface area contributed by atoms with Gasteiger partial charge in [0.05, 0.1) is 0 Å². The number of carbonyl (C=O) groups is 2. The highest BCUT2D eigenvalue weighted by atomic mass is 32.1. The van der Waals surface area contributed by atoms with Gasteiger partial charge in [0.15, 0.2) is 0 Å². The highest BCUT2D eigenvalue weighted by Gasteiger charge is 2.23. The van der Waals surface area contributed by atoms with Crippen LogP contribution in [-0.2, 0) is 22.4 Å². The average Bonchev–Trinajstić information content (AvgIpc) is 3.25. The SMILES string of the molecule is CCC(=O)N[C@@H](Cc1ccc(-c2nccs2)c(S)c1Cc1ccccc1)C(=O)O. The summed E-state index contributed by atoms with van der Waals surface area (Å²) in [5.74, 6) is -1.34. The number of amides is 1. The van der Waals surface area contributed by atoms with Gasteiger partial charge in [-0.3, -0.25) is 4.79 Å². The maximum absolute atomic E-state index is 11.8. The monoisotopic (exact) mass is 426 g/mol. The fourth-order valence-electron chi connectivity index (χ4n) is 3.11. The van der Waals surface area contributed by atoms with Crippen LogP contribution in [0.3, 0.4) is 0 Å². The molecule has 3 rings (SSSR count). The molecule has 0 bridgehead atoms. The maximum Gasteiger partial charge on any atom is 0.326 e. The standard InChI is InChI=1S/C22H22N2O3S2/c1-2-19(25)24-18(22(26)27)13-15-8-9-16(21-23-10-11-29-21)20(28)17(15)12-14-6-4-3-5-7-14/h3-11,18,28H,2,12-13H2,1H3,(H,24,25)(H,26,27)/t18-/m0/s1. The second-order valence-corrected chi connectivity index (χ2v) is 7.96. The van der Waals surface area contributed by atoms with Gasteiger partial charge in [0.25, 0.3) is 0 Å². The van der Waals surface area contributed by atoms with Gasteiger partial charge in [-0.15, -0.1) is 24.0 Å². The molecule has 0 spiro atoms. The fraction of sp³-hybridized carbons (Fsp3) is 0.227. The minimum absolute atomic E-state index is 0.189. The summed E-state index contributed by atoms with van der Waals surface area (Å²) in [6, 6.07) is 12.8. The fourth-order valence-corrected chi connectivity index (χ4v) is 4.26. The predicted octanol–water partition coefficient (Wildman–Crippen LogP) is 4.21. The lowest BCUT2D eigenvalue weighted by Gasteiger charge is -2.19. The number of benzene rings is 2. The van der Waals surface area contributed by atoms with Crippen molar-refractivity contribution in [3.05, 3.63) is 70.7 Å². The number of thiazole rings is 1. The molecule has 0 aliphatic heterocycles. The lowest BCUT2D eigenvalue weighted by Crippen LogP contribution is -2.42. The molecule has 1 heterocycles. The van der Waals surface area contributed by atoms with Crippen molar-refractivity contribution in [2.24, 2.45) is 0 Å². The van der Waals surface area contributed by atoms with E-state index in [1.165, 1.54) is 11.3 Å². The summed E-state index contributed by atoms with van der Waals surface area (Å²) in [6.07, 6.45) is 2.79. The van der Waals surface area contributed by atoms with Gasteiger partial charge in [-0.25, -0.2) is 9.78 Å². The number of rotatable bonds is 8. The summed E-state index contributed by atoms with van der Waals surface area (Å²) in [4.78, 5) is 28.7. The third-order valence-corrected chi connectivity index (χ3v) is 5.96. The molecule has 29 heavy (non-hydrogen) atoms. The Balaban J connectivity index is 2.02. The van der Waals surface area contributed by atoms with E-state index in [9.17, 15) is 14.7 Å². The van der Waals surface area contributed by atoms with E-state index in [4.69, 9.17) is 12.6 Å². The molecule has 3 aromatic rings. The predicted molar refractivity (Wildman–Crippen MR) is 118 cm³/mol. The molecular formula is C22H22N2O3S2. The number of thiol groups is 1. The number of nitrogens with one attached hydrogen (secondary N) is 1. The van der Waals surface area contributed by atoms with Crippen LogP contribution < -0.4 is 5.32 Å². The van der Waals surface area contributed by atoms with Crippen LogP contribution in [0.25, 0.3) is 10.6 Å². The van der Waals surface area contributed by atoms with Crippen molar-refractivity contribution < 1.29 is 14.7 Å². The largest absolute Gasteiger partial charge is 0.480 e. The lowest BCUT2D eigenvalue weighted by molar-refractivity contribution is -0.141. The highest BCUT2D eigenvalue weighted by molar-refractivity contribution is 7.80. The lowest BCUT2D eigenvalue weighted by atomic mass is 9.93. The van der Waals surface area contributed by atoms with Crippen LogP contribution in [0.5, 0.6) is 0 Å². The van der Waals surface area contributed by atoms with Crippen LogP contribution in [0.4, 0.5) is 0 Å². The normalized spacial score (nSPS) is 11.8. The minimum Gasteiger partial charge on any atom is -0.480 e. The number of hydrogen-bond donors (Lipinski definition) is 3. The number of carbonyl (C=O) groups excluding carboxylic acids is 1. The molecule has 1 atom stereocenters. The van der Waals surface area contributed by atoms with E-state index in [1.807, 2.05) is 47.8 Å². The molecule has 0 aliphatic carbocycles. The molecule has 0 saturated heterocycles. The summed E-state index contributed by atoms with van der Waals surface area (Å²) in [6.45, 7) is 1.70. The molecule has 2 N–H and O–H groups in total. The molecule has 7 heteroatoms. The van der Waals surface area contributed by atoms with Gasteiger partial charge >= 0.3 is 5.97 Å². The Morgan fingerprint density at radius 1 is 1.21 bits per heavy atom. The first-order valence-electron chi connectivity index (χ1n) is 9.29. The average molecular weight is 427 g/mol. The molecule has 0 radical (unpaired) electrons. The smallest absolute Gasteiger partial charge is 0.326 e. The molecule has 0 unspecified atom stereocenters. The van der Waals surface area contributed by atoms with Gasteiger partial charge in [-0.1, -0.05) is 49.4 Å². The van der Waals surface area contributed by atoms with Crippen molar-refractivity contribution in [1.82, 2.24) is 10.3 Å². The number of nitrogens with zero attached hydrogens (tertiary/aromatic N) is 1. The number of aromatic nitrogens is 1. The third-order valence-electron chi connectivity index (χ3n) is 4.64. The van der Waals surface area contributed by atoms with Crippen LogP contribution in [0.1, 0.15) is 30.0 Å². The van der Waals surface area contributed by atoms with Crippen LogP contribution in [0.15, 0.2) is 58.9 Å². The summed E-state index contributed by atoms with van der Waals surface area (Å²) in [5.41, 5.74) is 3.82. The molecule has 0 saturated carbocycles. The topological polar surface area (TPSA) is 79.3 Å². The highest BCUT2D eigenvalue weighted by Crippen LogP contribution is 2.34. The van der Waals surface area contributed by atoms with Crippen molar-refractivity contribution in [3.63, 3.8) is 0 Å². The number of hydrogen-bond acceptors (Lipinski definition) is 5. The molecule has 1 aromatic heterocycles. The first kappa shape index (κ1) is 21.1. The van der Waals surface area contributed by atoms with Gasteiger partial charge in [-0.05, 0) is 23.1 Å². The molecule has 0 fully saturated rings. The molecule has 1 amide bonds. The zero-order valence-electron chi connectivity index (χ0n) is 16.0. The van der Waals surface area contributed by atoms with E-state index >= 15 is 0 Å². The van der Waals surface area contributed by atoms with Crippen molar-refractivity contribution in [2.75, 3.05) is 0 Å². The van der Waals surface area contributed by atoms with Crippen molar-refractivity contribution in [3.8, 4) is 10.6 Å². The molecule has 2 aromatic carbocycles. The van der Waals surface area contributed by atoms with Crippen molar-refractivity contribution in [2.45, 2.75) is 37.1 Å². The molecule has 150 valence electrons.